The van der Waals surface area contributed by atoms with Crippen LogP contribution in [0.3, 0.4) is 0 Å². The molecule has 1 radical (unpaired) electrons. The number of allylic oxidation sites excluding steroid dienone is 1. The Bertz CT molecular complexity index is 60.7. The molecule has 0 aromatic carbocycles. The van der Waals surface area contributed by atoms with Crippen molar-refractivity contribution >= 4 is 23.2 Å². The third-order valence-electron chi connectivity index (χ3n) is 0.293. The maximum atomic E-state index is 5.07. The van der Waals surface area contributed by atoms with E-state index in [-0.39, 0.29) is 5.02 Å². The molecule has 0 amide bonds. The van der Waals surface area contributed by atoms with Crippen molar-refractivity contribution in [2.45, 2.75) is 6.92 Å². The van der Waals surface area contributed by atoms with Crippen molar-refractivity contribution in [2.24, 2.45) is 0 Å². The van der Waals surface area contributed by atoms with E-state index in [9.17, 15) is 0 Å². The van der Waals surface area contributed by atoms with Gasteiger partial charge in [0.25, 0.3) is 0 Å². The molecule has 3 heteroatoms. The lowest BCUT2D eigenvalue weighted by atomic mass is 10.7. The van der Waals surface area contributed by atoms with Gasteiger partial charge in [-0.2, -0.15) is 0 Å². The lowest BCUT2D eigenvalue weighted by Crippen LogP contribution is -1.73. The summed E-state index contributed by atoms with van der Waals surface area (Å²) < 4.78 is 4.46. The smallest absolute Gasteiger partial charge is 0.328 e. The number of rotatable bonds is 2. The second-order valence-corrected chi connectivity index (χ2v) is 1.69. The molecule has 0 aliphatic carbocycles. The van der Waals surface area contributed by atoms with Crippen LogP contribution in [0, 0.1) is 5.02 Å². The Kier molecular flexibility index (Phi) is 4.36. The molecule has 41 valence electrons. The largest absolute Gasteiger partial charge is 0.460 e. The zero-order chi connectivity index (χ0) is 5.70. The van der Waals surface area contributed by atoms with E-state index in [0.29, 0.717) is 0 Å². The van der Waals surface area contributed by atoms with Crippen molar-refractivity contribution in [1.82, 2.24) is 0 Å². The predicted octanol–water partition coefficient (Wildman–Crippen LogP) is 2.46. The highest BCUT2D eigenvalue weighted by atomic mass is 35.5. The number of halogens is 2. The van der Waals surface area contributed by atoms with Crippen LogP contribution in [0.25, 0.3) is 0 Å². The van der Waals surface area contributed by atoms with Gasteiger partial charge in [-0.1, -0.05) is 29.3 Å². The van der Waals surface area contributed by atoms with E-state index in [2.05, 4.69) is 4.74 Å². The lowest BCUT2D eigenvalue weighted by molar-refractivity contribution is 0.353. The number of ether oxygens (including phenoxy) is 1. The Morgan fingerprint density at radius 2 is 2.14 bits per heavy atom. The third-order valence-corrected chi connectivity index (χ3v) is 0.471. The minimum atomic E-state index is -0.0851. The fourth-order valence-electron chi connectivity index (χ4n) is 0.119. The van der Waals surface area contributed by atoms with Gasteiger partial charge in [-0.25, -0.2) is 0 Å². The lowest BCUT2D eigenvalue weighted by Gasteiger charge is -1.92. The fraction of sp³-hybridized carbons (Fsp3) is 0.250. The maximum Gasteiger partial charge on any atom is 0.328 e. The molecule has 0 aromatic rings. The van der Waals surface area contributed by atoms with Gasteiger partial charge in [0.15, 0.2) is 0 Å². The molecule has 0 aliphatic rings. The molecule has 0 bridgehead atoms. The molecule has 0 rings (SSSR count). The molecule has 0 heterocycles. The van der Waals surface area contributed by atoms with Gasteiger partial charge in [-0.15, -0.1) is 0 Å². The van der Waals surface area contributed by atoms with Crippen molar-refractivity contribution in [1.29, 1.82) is 0 Å². The van der Waals surface area contributed by atoms with Crippen molar-refractivity contribution in [3.05, 3.63) is 17.4 Å². The summed E-state index contributed by atoms with van der Waals surface area (Å²) >= 11 is 10.1. The second-order valence-electron chi connectivity index (χ2n) is 0.813. The van der Waals surface area contributed by atoms with Gasteiger partial charge < -0.3 is 4.74 Å². The molecule has 0 aromatic heterocycles. The zero-order valence-electron chi connectivity index (χ0n) is 3.82. The molecule has 1 nitrogen and oxygen atoms in total. The molecule has 0 aliphatic heterocycles. The highest BCUT2D eigenvalue weighted by Gasteiger charge is 1.93. The minimum Gasteiger partial charge on any atom is -0.460 e. The zero-order valence-corrected chi connectivity index (χ0v) is 5.33. The van der Waals surface area contributed by atoms with Crippen LogP contribution in [0.1, 0.15) is 6.92 Å². The highest BCUT2D eigenvalue weighted by molar-refractivity contribution is 6.51. The van der Waals surface area contributed by atoms with Crippen molar-refractivity contribution in [2.75, 3.05) is 0 Å². The highest BCUT2D eigenvalue weighted by Crippen LogP contribution is 2.12. The summed E-state index contributed by atoms with van der Waals surface area (Å²) in [5, 5.41) is -0.0851. The van der Waals surface area contributed by atoms with Crippen molar-refractivity contribution in [3.63, 3.8) is 0 Å². The first-order chi connectivity index (χ1) is 3.27. The number of hydrogen-bond donors (Lipinski definition) is 0. The SMILES string of the molecule is CC=CO[C](Cl)Cl. The summed E-state index contributed by atoms with van der Waals surface area (Å²) in [6, 6.07) is 0. The van der Waals surface area contributed by atoms with Crippen LogP contribution in [0.15, 0.2) is 12.3 Å². The van der Waals surface area contributed by atoms with Crippen LogP contribution < -0.4 is 0 Å². The summed E-state index contributed by atoms with van der Waals surface area (Å²) in [5.74, 6) is 0. The molecular weight excluding hydrogens is 135 g/mol. The summed E-state index contributed by atoms with van der Waals surface area (Å²) in [6.45, 7) is 1.80. The van der Waals surface area contributed by atoms with Gasteiger partial charge in [-0.3, -0.25) is 0 Å². The first-order valence-corrected chi connectivity index (χ1v) is 2.48. The summed E-state index contributed by atoms with van der Waals surface area (Å²) in [5.41, 5.74) is 0. The fourth-order valence-corrected chi connectivity index (χ4v) is 0.222. The first kappa shape index (κ1) is 7.12. The molecule has 0 saturated carbocycles. The molecule has 0 spiro atoms. The van der Waals surface area contributed by atoms with Gasteiger partial charge in [0.1, 0.15) is 0 Å². The molecule has 0 atom stereocenters. The Hall–Kier alpha value is 0.120. The van der Waals surface area contributed by atoms with Crippen LogP contribution in [0.2, 0.25) is 0 Å². The van der Waals surface area contributed by atoms with E-state index >= 15 is 0 Å². The predicted molar refractivity (Wildman–Crippen MR) is 30.8 cm³/mol. The average Bonchev–Trinajstić information content (AvgIpc) is 1.61. The Balaban J connectivity index is 2.97. The van der Waals surface area contributed by atoms with Crippen LogP contribution in [-0.2, 0) is 4.74 Å². The van der Waals surface area contributed by atoms with E-state index in [0.717, 1.165) is 0 Å². The minimum absolute atomic E-state index is 0.0851. The first-order valence-electron chi connectivity index (χ1n) is 1.73. The molecule has 0 saturated heterocycles. The number of hydrogen-bond acceptors (Lipinski definition) is 1. The van der Waals surface area contributed by atoms with Gasteiger partial charge in [0.05, 0.1) is 6.26 Å². The van der Waals surface area contributed by atoms with Gasteiger partial charge in [0, 0.05) is 0 Å². The van der Waals surface area contributed by atoms with Crippen LogP contribution in [0.5, 0.6) is 0 Å². The van der Waals surface area contributed by atoms with Crippen molar-refractivity contribution < 1.29 is 4.74 Å². The van der Waals surface area contributed by atoms with Crippen molar-refractivity contribution in [3.8, 4) is 0 Å². The summed E-state index contributed by atoms with van der Waals surface area (Å²) in [7, 11) is 0. The third kappa shape index (κ3) is 6.12. The van der Waals surface area contributed by atoms with Gasteiger partial charge in [0.2, 0.25) is 0 Å². The molecule has 0 unspecified atom stereocenters. The van der Waals surface area contributed by atoms with E-state index < -0.39 is 0 Å². The monoisotopic (exact) mass is 139 g/mol. The second kappa shape index (κ2) is 4.28. The normalized spacial score (nSPS) is 10.9. The van der Waals surface area contributed by atoms with E-state index in [4.69, 9.17) is 23.2 Å². The average molecular weight is 140 g/mol. The van der Waals surface area contributed by atoms with Crippen LogP contribution in [0.4, 0.5) is 0 Å². The van der Waals surface area contributed by atoms with E-state index in [1.807, 2.05) is 0 Å². The molecule has 0 fully saturated rings. The Labute approximate surface area is 52.9 Å². The maximum absolute atomic E-state index is 5.07. The van der Waals surface area contributed by atoms with E-state index in [1.54, 1.807) is 13.0 Å². The summed E-state index contributed by atoms with van der Waals surface area (Å²) in [6.07, 6.45) is 3.08. The quantitative estimate of drug-likeness (QED) is 0.535. The standard InChI is InChI=1S/C4H5Cl2O/c1-2-3-7-4(5)6/h2-3H,1H3. The molecular formula is C4H5Cl2O. The Morgan fingerprint density at radius 3 is 2.29 bits per heavy atom. The Morgan fingerprint density at radius 1 is 1.57 bits per heavy atom. The topological polar surface area (TPSA) is 9.23 Å². The van der Waals surface area contributed by atoms with Crippen LogP contribution >= 0.6 is 23.2 Å². The summed E-state index contributed by atoms with van der Waals surface area (Å²) in [4.78, 5) is 0. The molecule has 7 heavy (non-hydrogen) atoms. The van der Waals surface area contributed by atoms with Crippen LogP contribution in [-0.4, -0.2) is 0 Å². The van der Waals surface area contributed by atoms with E-state index in [1.165, 1.54) is 6.26 Å². The van der Waals surface area contributed by atoms with Gasteiger partial charge in [-0.05, 0) is 6.92 Å². The molecule has 0 N–H and O–H groups in total. The van der Waals surface area contributed by atoms with Gasteiger partial charge >= 0.3 is 5.02 Å².